The molecule has 0 aromatic heterocycles. The second-order valence-corrected chi connectivity index (χ2v) is 6.73. The van der Waals surface area contributed by atoms with Crippen LogP contribution in [0.5, 0.6) is 0 Å². The summed E-state index contributed by atoms with van der Waals surface area (Å²) in [5, 5.41) is 11.9. The number of hydrogen-bond donors (Lipinski definition) is 2. The van der Waals surface area contributed by atoms with Crippen molar-refractivity contribution in [3.63, 3.8) is 0 Å². The predicted octanol–water partition coefficient (Wildman–Crippen LogP) is 0.551. The van der Waals surface area contributed by atoms with Gasteiger partial charge < -0.3 is 15.8 Å². The summed E-state index contributed by atoms with van der Waals surface area (Å²) in [6.45, 7) is 4.95. The van der Waals surface area contributed by atoms with Gasteiger partial charge in [-0.3, -0.25) is 9.69 Å². The summed E-state index contributed by atoms with van der Waals surface area (Å²) >= 11 is 1.80. The van der Waals surface area contributed by atoms with Gasteiger partial charge in [0.1, 0.15) is 0 Å². The second-order valence-electron chi connectivity index (χ2n) is 5.42. The smallest absolute Gasteiger partial charge is 0.235 e. The monoisotopic (exact) mass is 300 g/mol. The zero-order chi connectivity index (χ0) is 14.5. The summed E-state index contributed by atoms with van der Waals surface area (Å²) in [4.78, 5) is 16.5. The van der Waals surface area contributed by atoms with Crippen LogP contribution in [-0.4, -0.2) is 70.0 Å². The summed E-state index contributed by atoms with van der Waals surface area (Å²) in [6, 6.07) is -0.0821. The van der Waals surface area contributed by atoms with E-state index in [1.54, 1.807) is 11.8 Å². The minimum Gasteiger partial charge on any atom is -0.409 e. The quantitative estimate of drug-likeness (QED) is 0.344. The minimum atomic E-state index is -0.0821. The fourth-order valence-corrected chi connectivity index (χ4v) is 4.02. The van der Waals surface area contributed by atoms with Crippen LogP contribution in [0.3, 0.4) is 0 Å². The molecule has 2 atom stereocenters. The maximum atomic E-state index is 12.4. The molecule has 0 radical (unpaired) electrons. The molecule has 6 nitrogen and oxygen atoms in total. The first kappa shape index (κ1) is 15.4. The molecule has 2 fully saturated rings. The standard InChI is InChI=1S/C13H24N4O2S/c1-10(12(14)15-19)16-5-7-17(8-6-16)13(18)11-4-2-3-9-20-11/h10-11,19H,2-9H2,1H3,(H2,14,15). The number of rotatable bonds is 3. The summed E-state index contributed by atoms with van der Waals surface area (Å²) < 4.78 is 0. The second kappa shape index (κ2) is 7.17. The van der Waals surface area contributed by atoms with E-state index >= 15 is 0 Å². The fourth-order valence-electron chi connectivity index (χ4n) is 2.74. The maximum Gasteiger partial charge on any atom is 0.235 e. The lowest BCUT2D eigenvalue weighted by Gasteiger charge is -2.39. The highest BCUT2D eigenvalue weighted by Gasteiger charge is 2.30. The summed E-state index contributed by atoms with van der Waals surface area (Å²) in [7, 11) is 0. The lowest BCUT2D eigenvalue weighted by molar-refractivity contribution is -0.132. The van der Waals surface area contributed by atoms with Crippen LogP contribution in [0.15, 0.2) is 5.16 Å². The third kappa shape index (κ3) is 3.58. The molecule has 2 aliphatic rings. The van der Waals surface area contributed by atoms with Crippen LogP contribution < -0.4 is 5.73 Å². The summed E-state index contributed by atoms with van der Waals surface area (Å²) in [5.41, 5.74) is 5.63. The van der Waals surface area contributed by atoms with Gasteiger partial charge in [0.05, 0.1) is 11.3 Å². The number of amidine groups is 1. The Hall–Kier alpha value is -0.950. The van der Waals surface area contributed by atoms with Gasteiger partial charge in [-0.2, -0.15) is 0 Å². The molecule has 2 rings (SSSR count). The largest absolute Gasteiger partial charge is 0.409 e. The van der Waals surface area contributed by atoms with Crippen molar-refractivity contribution < 1.29 is 10.0 Å². The third-order valence-electron chi connectivity index (χ3n) is 4.17. The van der Waals surface area contributed by atoms with Crippen LogP contribution in [0.1, 0.15) is 26.2 Å². The molecule has 7 heteroatoms. The van der Waals surface area contributed by atoms with Gasteiger partial charge in [-0.25, -0.2) is 0 Å². The van der Waals surface area contributed by atoms with E-state index in [4.69, 9.17) is 10.9 Å². The Morgan fingerprint density at radius 1 is 1.35 bits per heavy atom. The van der Waals surface area contributed by atoms with Crippen molar-refractivity contribution in [2.45, 2.75) is 37.5 Å². The van der Waals surface area contributed by atoms with Gasteiger partial charge >= 0.3 is 0 Å². The highest BCUT2D eigenvalue weighted by Crippen LogP contribution is 2.27. The molecule has 2 heterocycles. The zero-order valence-electron chi connectivity index (χ0n) is 12.0. The van der Waals surface area contributed by atoms with Crippen molar-refractivity contribution in [2.75, 3.05) is 31.9 Å². The molecule has 20 heavy (non-hydrogen) atoms. The molecule has 0 aromatic rings. The first-order valence-corrected chi connectivity index (χ1v) is 8.30. The van der Waals surface area contributed by atoms with Crippen LogP contribution in [0.2, 0.25) is 0 Å². The molecule has 0 aromatic carbocycles. The Morgan fingerprint density at radius 3 is 2.60 bits per heavy atom. The number of hydrogen-bond acceptors (Lipinski definition) is 5. The van der Waals surface area contributed by atoms with Crippen molar-refractivity contribution in [1.82, 2.24) is 9.80 Å². The Labute approximate surface area is 124 Å². The third-order valence-corrected chi connectivity index (χ3v) is 5.54. The van der Waals surface area contributed by atoms with E-state index in [1.165, 1.54) is 12.8 Å². The van der Waals surface area contributed by atoms with E-state index < -0.39 is 0 Å². The Balaban J connectivity index is 1.83. The zero-order valence-corrected chi connectivity index (χ0v) is 12.8. The van der Waals surface area contributed by atoms with E-state index in [0.717, 1.165) is 38.4 Å². The summed E-state index contributed by atoms with van der Waals surface area (Å²) in [5.74, 6) is 1.63. The average Bonchev–Trinajstić information content (AvgIpc) is 2.53. The summed E-state index contributed by atoms with van der Waals surface area (Å²) in [6.07, 6.45) is 3.42. The molecule has 2 aliphatic heterocycles. The Morgan fingerprint density at radius 2 is 2.05 bits per heavy atom. The topological polar surface area (TPSA) is 82.2 Å². The first-order chi connectivity index (χ1) is 9.63. The highest BCUT2D eigenvalue weighted by atomic mass is 32.2. The fraction of sp³-hybridized carbons (Fsp3) is 0.846. The van der Waals surface area contributed by atoms with Gasteiger partial charge in [0.2, 0.25) is 5.91 Å². The number of carbonyl (C=O) groups is 1. The molecule has 0 aliphatic carbocycles. The predicted molar refractivity (Wildman–Crippen MR) is 81.1 cm³/mol. The minimum absolute atomic E-state index is 0.0821. The Bertz CT molecular complexity index is 363. The Kier molecular flexibility index (Phi) is 5.54. The van der Waals surface area contributed by atoms with Crippen LogP contribution in [0, 0.1) is 0 Å². The molecule has 0 saturated carbocycles. The number of thioether (sulfide) groups is 1. The number of nitrogens with two attached hydrogens (primary N) is 1. The lowest BCUT2D eigenvalue weighted by Crippen LogP contribution is -2.55. The number of nitrogens with zero attached hydrogens (tertiary/aromatic N) is 3. The lowest BCUT2D eigenvalue weighted by atomic mass is 10.1. The van der Waals surface area contributed by atoms with Gasteiger partial charge in [-0.15, -0.1) is 11.8 Å². The van der Waals surface area contributed by atoms with Gasteiger partial charge in [-0.05, 0) is 25.5 Å². The molecule has 1 amide bonds. The SMILES string of the molecule is CC(C(N)=NO)N1CCN(C(=O)C2CCCCS2)CC1. The maximum absolute atomic E-state index is 12.4. The molecule has 0 spiro atoms. The van der Waals surface area contributed by atoms with Gasteiger partial charge in [0.25, 0.3) is 0 Å². The van der Waals surface area contributed by atoms with Crippen molar-refractivity contribution in [3.8, 4) is 0 Å². The van der Waals surface area contributed by atoms with Crippen molar-refractivity contribution in [3.05, 3.63) is 0 Å². The molecular weight excluding hydrogens is 276 g/mol. The highest BCUT2D eigenvalue weighted by molar-refractivity contribution is 8.00. The first-order valence-electron chi connectivity index (χ1n) is 7.25. The number of oxime groups is 1. The molecule has 2 saturated heterocycles. The van der Waals surface area contributed by atoms with Crippen molar-refractivity contribution >= 4 is 23.5 Å². The molecule has 114 valence electrons. The molecule has 0 bridgehead atoms. The van der Waals surface area contributed by atoms with Crippen LogP contribution in [0.25, 0.3) is 0 Å². The van der Waals surface area contributed by atoms with Gasteiger partial charge in [0.15, 0.2) is 5.84 Å². The number of piperazine rings is 1. The van der Waals surface area contributed by atoms with E-state index in [1.807, 2.05) is 11.8 Å². The van der Waals surface area contributed by atoms with Gasteiger partial charge in [0, 0.05) is 26.2 Å². The van der Waals surface area contributed by atoms with E-state index in [-0.39, 0.29) is 17.1 Å². The van der Waals surface area contributed by atoms with E-state index in [0.29, 0.717) is 5.91 Å². The molecule has 2 unspecified atom stereocenters. The normalized spacial score (nSPS) is 27.4. The number of carbonyl (C=O) groups excluding carboxylic acids is 1. The van der Waals surface area contributed by atoms with Gasteiger partial charge in [-0.1, -0.05) is 11.6 Å². The molecular formula is C13H24N4O2S. The van der Waals surface area contributed by atoms with Crippen molar-refractivity contribution in [1.29, 1.82) is 0 Å². The van der Waals surface area contributed by atoms with Crippen molar-refractivity contribution in [2.24, 2.45) is 10.9 Å². The molecule has 3 N–H and O–H groups in total. The van der Waals surface area contributed by atoms with Crippen LogP contribution in [0.4, 0.5) is 0 Å². The number of amides is 1. The van der Waals surface area contributed by atoms with E-state index in [2.05, 4.69) is 10.1 Å². The average molecular weight is 300 g/mol. The van der Waals surface area contributed by atoms with Crippen LogP contribution in [-0.2, 0) is 4.79 Å². The van der Waals surface area contributed by atoms with E-state index in [9.17, 15) is 4.79 Å². The van der Waals surface area contributed by atoms with Crippen LogP contribution >= 0.6 is 11.8 Å².